The molecule has 0 aromatic carbocycles. The van der Waals surface area contributed by atoms with Gasteiger partial charge in [0.15, 0.2) is 0 Å². The van der Waals surface area contributed by atoms with Crippen molar-refractivity contribution in [1.82, 2.24) is 4.90 Å². The monoisotopic (exact) mass is 296 g/mol. The summed E-state index contributed by atoms with van der Waals surface area (Å²) in [5.41, 5.74) is 7.36. The van der Waals surface area contributed by atoms with Crippen molar-refractivity contribution in [3.63, 3.8) is 0 Å². The Labute approximate surface area is 129 Å². The quantitative estimate of drug-likeness (QED) is 0.569. The summed E-state index contributed by atoms with van der Waals surface area (Å²) < 4.78 is 0. The van der Waals surface area contributed by atoms with E-state index in [1.165, 1.54) is 56.9 Å². The first-order valence-corrected chi connectivity index (χ1v) is 9.13. The van der Waals surface area contributed by atoms with Crippen molar-refractivity contribution in [3.05, 3.63) is 22.4 Å². The fourth-order valence-corrected chi connectivity index (χ4v) is 3.31. The molecule has 0 aliphatic rings. The fourth-order valence-electron chi connectivity index (χ4n) is 2.65. The van der Waals surface area contributed by atoms with Crippen molar-refractivity contribution in [1.29, 1.82) is 0 Å². The molecule has 1 aromatic rings. The van der Waals surface area contributed by atoms with Crippen molar-refractivity contribution < 1.29 is 0 Å². The first kappa shape index (κ1) is 17.7. The normalized spacial score (nSPS) is 13.0. The number of hydrogen-bond donors (Lipinski definition) is 1. The van der Waals surface area contributed by atoms with Gasteiger partial charge in [0.05, 0.1) is 0 Å². The highest BCUT2D eigenvalue weighted by Crippen LogP contribution is 2.15. The summed E-state index contributed by atoms with van der Waals surface area (Å²) in [4.78, 5) is 2.42. The summed E-state index contributed by atoms with van der Waals surface area (Å²) in [6, 6.07) is 2.74. The van der Waals surface area contributed by atoms with Crippen LogP contribution in [-0.4, -0.2) is 24.5 Å². The molecule has 0 spiro atoms. The zero-order chi connectivity index (χ0) is 14.6. The third-order valence-corrected chi connectivity index (χ3v) is 4.78. The van der Waals surface area contributed by atoms with E-state index in [4.69, 9.17) is 5.73 Å². The van der Waals surface area contributed by atoms with Crippen LogP contribution in [-0.2, 0) is 6.54 Å². The molecule has 0 amide bonds. The molecule has 1 heterocycles. The van der Waals surface area contributed by atoms with Crippen LogP contribution in [0.4, 0.5) is 0 Å². The zero-order valence-electron chi connectivity index (χ0n) is 13.3. The lowest BCUT2D eigenvalue weighted by Crippen LogP contribution is -2.37. The minimum absolute atomic E-state index is 0.533. The van der Waals surface area contributed by atoms with Crippen molar-refractivity contribution in [2.75, 3.05) is 13.6 Å². The Bertz CT molecular complexity index is 311. The summed E-state index contributed by atoms with van der Waals surface area (Å²) in [6.45, 7) is 4.08. The lowest BCUT2D eigenvalue weighted by Gasteiger charge is -2.26. The Morgan fingerprint density at radius 2 is 1.85 bits per heavy atom. The minimum atomic E-state index is 0.533. The Morgan fingerprint density at radius 3 is 2.45 bits per heavy atom. The molecule has 1 aromatic heterocycles. The van der Waals surface area contributed by atoms with Crippen LogP contribution >= 0.6 is 11.3 Å². The van der Waals surface area contributed by atoms with E-state index in [1.807, 2.05) is 0 Å². The van der Waals surface area contributed by atoms with Crippen molar-refractivity contribution >= 4 is 11.3 Å². The SMILES string of the molecule is CCCCCCCCCC(CN)N(C)Cc1ccsc1. The zero-order valence-corrected chi connectivity index (χ0v) is 14.1. The van der Waals surface area contributed by atoms with E-state index in [0.717, 1.165) is 13.1 Å². The molecular weight excluding hydrogens is 264 g/mol. The molecule has 0 aliphatic heterocycles. The van der Waals surface area contributed by atoms with E-state index in [0.29, 0.717) is 6.04 Å². The summed E-state index contributed by atoms with van der Waals surface area (Å²) in [5.74, 6) is 0. The van der Waals surface area contributed by atoms with E-state index in [2.05, 4.69) is 35.7 Å². The maximum absolute atomic E-state index is 5.94. The van der Waals surface area contributed by atoms with Crippen molar-refractivity contribution in [2.24, 2.45) is 5.73 Å². The number of thiophene rings is 1. The first-order chi connectivity index (χ1) is 9.77. The molecule has 0 aliphatic carbocycles. The highest BCUT2D eigenvalue weighted by Gasteiger charge is 2.13. The van der Waals surface area contributed by atoms with Gasteiger partial charge in [-0.1, -0.05) is 51.9 Å². The smallest absolute Gasteiger partial charge is 0.0242 e. The summed E-state index contributed by atoms with van der Waals surface area (Å²) in [6.07, 6.45) is 10.9. The molecule has 20 heavy (non-hydrogen) atoms. The van der Waals surface area contributed by atoms with Crippen LogP contribution in [0.2, 0.25) is 0 Å². The van der Waals surface area contributed by atoms with Gasteiger partial charge in [0.1, 0.15) is 0 Å². The van der Waals surface area contributed by atoms with Gasteiger partial charge in [0.25, 0.3) is 0 Å². The van der Waals surface area contributed by atoms with Crippen LogP contribution in [0.5, 0.6) is 0 Å². The molecule has 0 radical (unpaired) electrons. The van der Waals surface area contributed by atoms with Gasteiger partial charge in [-0.3, -0.25) is 4.90 Å². The van der Waals surface area contributed by atoms with Crippen LogP contribution in [0.1, 0.15) is 63.9 Å². The van der Waals surface area contributed by atoms with Gasteiger partial charge < -0.3 is 5.73 Å². The lowest BCUT2D eigenvalue weighted by atomic mass is 10.0. The van der Waals surface area contributed by atoms with Crippen LogP contribution in [0.15, 0.2) is 16.8 Å². The predicted molar refractivity (Wildman–Crippen MR) is 91.2 cm³/mol. The maximum Gasteiger partial charge on any atom is 0.0242 e. The number of rotatable bonds is 12. The minimum Gasteiger partial charge on any atom is -0.329 e. The average Bonchev–Trinajstić information content (AvgIpc) is 2.94. The molecule has 3 heteroatoms. The number of nitrogens with zero attached hydrogens (tertiary/aromatic N) is 1. The second kappa shape index (κ2) is 11.3. The second-order valence-electron chi connectivity index (χ2n) is 5.85. The van der Waals surface area contributed by atoms with Gasteiger partial charge in [-0.05, 0) is 35.9 Å². The molecule has 0 saturated heterocycles. The number of hydrogen-bond acceptors (Lipinski definition) is 3. The number of likely N-dealkylation sites (N-methyl/N-ethyl adjacent to an activating group) is 1. The Balaban J connectivity index is 2.12. The largest absolute Gasteiger partial charge is 0.329 e. The fraction of sp³-hybridized carbons (Fsp3) is 0.765. The molecule has 1 unspecified atom stereocenters. The van der Waals surface area contributed by atoms with Gasteiger partial charge in [-0.2, -0.15) is 11.3 Å². The van der Waals surface area contributed by atoms with Crippen LogP contribution in [0.25, 0.3) is 0 Å². The highest BCUT2D eigenvalue weighted by atomic mass is 32.1. The maximum atomic E-state index is 5.94. The van der Waals surface area contributed by atoms with Gasteiger partial charge >= 0.3 is 0 Å². The third kappa shape index (κ3) is 7.41. The number of nitrogens with two attached hydrogens (primary N) is 1. The van der Waals surface area contributed by atoms with E-state index in [1.54, 1.807) is 11.3 Å². The third-order valence-electron chi connectivity index (χ3n) is 4.05. The van der Waals surface area contributed by atoms with Gasteiger partial charge in [0, 0.05) is 19.1 Å². The molecule has 2 N–H and O–H groups in total. The van der Waals surface area contributed by atoms with Crippen molar-refractivity contribution in [2.45, 2.75) is 70.9 Å². The van der Waals surface area contributed by atoms with Gasteiger partial charge in [0.2, 0.25) is 0 Å². The Morgan fingerprint density at radius 1 is 1.15 bits per heavy atom. The molecule has 0 saturated carbocycles. The van der Waals surface area contributed by atoms with Crippen LogP contribution in [0, 0.1) is 0 Å². The Hall–Kier alpha value is -0.380. The molecule has 0 bridgehead atoms. The van der Waals surface area contributed by atoms with E-state index in [9.17, 15) is 0 Å². The molecule has 116 valence electrons. The standard InChI is InChI=1S/C17H32N2S/c1-3-4-5-6-7-8-9-10-17(13-18)19(2)14-16-11-12-20-15-16/h11-12,15,17H,3-10,13-14,18H2,1-2H3. The second-order valence-corrected chi connectivity index (χ2v) is 6.63. The molecule has 2 nitrogen and oxygen atoms in total. The predicted octanol–water partition coefficient (Wildman–Crippen LogP) is 4.65. The van der Waals surface area contributed by atoms with E-state index < -0.39 is 0 Å². The first-order valence-electron chi connectivity index (χ1n) is 8.19. The van der Waals surface area contributed by atoms with Crippen LogP contribution < -0.4 is 5.73 Å². The van der Waals surface area contributed by atoms with E-state index >= 15 is 0 Å². The summed E-state index contributed by atoms with van der Waals surface area (Å²) >= 11 is 1.77. The molecule has 1 rings (SSSR count). The summed E-state index contributed by atoms with van der Waals surface area (Å²) in [5, 5.41) is 4.38. The molecule has 1 atom stereocenters. The lowest BCUT2D eigenvalue weighted by molar-refractivity contribution is 0.223. The van der Waals surface area contributed by atoms with E-state index in [-0.39, 0.29) is 0 Å². The number of unbranched alkanes of at least 4 members (excludes halogenated alkanes) is 6. The molecule has 0 fully saturated rings. The Kier molecular flexibility index (Phi) is 9.98. The van der Waals surface area contributed by atoms with Gasteiger partial charge in [-0.25, -0.2) is 0 Å². The summed E-state index contributed by atoms with van der Waals surface area (Å²) in [7, 11) is 2.20. The van der Waals surface area contributed by atoms with Crippen molar-refractivity contribution in [3.8, 4) is 0 Å². The highest BCUT2D eigenvalue weighted by molar-refractivity contribution is 7.07. The van der Waals surface area contributed by atoms with Crippen LogP contribution in [0.3, 0.4) is 0 Å². The topological polar surface area (TPSA) is 29.3 Å². The van der Waals surface area contributed by atoms with Gasteiger partial charge in [-0.15, -0.1) is 0 Å². The average molecular weight is 297 g/mol. The molecular formula is C17H32N2S.